The van der Waals surface area contributed by atoms with Crippen LogP contribution < -0.4 is 27.2 Å². The highest BCUT2D eigenvalue weighted by Gasteiger charge is 2.46. The molecule has 2 aliphatic heterocycles. The summed E-state index contributed by atoms with van der Waals surface area (Å²) in [6.07, 6.45) is 0.836. The van der Waals surface area contributed by atoms with E-state index in [9.17, 15) is 33.9 Å². The Morgan fingerprint density at radius 1 is 1.07 bits per heavy atom. The van der Waals surface area contributed by atoms with Crippen LogP contribution in [0.15, 0.2) is 47.3 Å². The molecule has 4 aromatic rings. The molecule has 1 aliphatic carbocycles. The van der Waals surface area contributed by atoms with Crippen LogP contribution in [0, 0.1) is 18.7 Å². The van der Waals surface area contributed by atoms with Gasteiger partial charge in [-0.25, -0.2) is 14.2 Å². The van der Waals surface area contributed by atoms with Gasteiger partial charge in [0.05, 0.1) is 54.7 Å². The number of hydrogen-bond acceptors (Lipinski definition) is 10. The lowest BCUT2D eigenvalue weighted by atomic mass is 9.81. The Hall–Kier alpha value is -5.80. The summed E-state index contributed by atoms with van der Waals surface area (Å²) in [4.78, 5) is 82.9. The summed E-state index contributed by atoms with van der Waals surface area (Å²) >= 11 is 0. The second kappa shape index (κ2) is 14.8. The van der Waals surface area contributed by atoms with Crippen molar-refractivity contribution in [3.63, 3.8) is 0 Å². The Morgan fingerprint density at radius 3 is 2.56 bits per heavy atom. The molecule has 4 heterocycles. The Bertz CT molecular complexity index is 2340. The molecule has 2 aromatic heterocycles. The standard InChI is InChI=1S/C40H41FN6O8/c1-3-40(54)27-13-31-36-25(18-47(31)38(52)26(27)19-55-39(40)53)35-29(10-9-24-20(2)28(41)14-30(46-36)34(24)35)45-33(50)17-44-37(51)22(11-21-7-5-4-6-8-21)12-23(48)16-43-32(49)15-42/h4-8,13-14,22,29,54H,3,9-12,15-19,42H2,1-2H3,(H,43,49)(H,44,51)(H,45,50)/t22-,29+,40+/m1/s1. The van der Waals surface area contributed by atoms with E-state index in [1.807, 2.05) is 30.3 Å². The Balaban J connectivity index is 1.17. The van der Waals surface area contributed by atoms with Crippen molar-refractivity contribution >= 4 is 40.4 Å². The number of nitrogens with two attached hydrogens (primary N) is 1. The van der Waals surface area contributed by atoms with Crippen molar-refractivity contribution in [2.24, 2.45) is 11.7 Å². The van der Waals surface area contributed by atoms with Crippen LogP contribution in [-0.2, 0) is 60.3 Å². The maximum absolute atomic E-state index is 15.3. The molecule has 0 fully saturated rings. The number of cyclic esters (lactones) is 1. The van der Waals surface area contributed by atoms with Crippen LogP contribution in [0.4, 0.5) is 4.39 Å². The van der Waals surface area contributed by atoms with E-state index < -0.39 is 59.2 Å². The largest absolute Gasteiger partial charge is 0.458 e. The predicted molar refractivity (Wildman–Crippen MR) is 197 cm³/mol. The number of rotatable bonds is 12. The first-order chi connectivity index (χ1) is 26.3. The summed E-state index contributed by atoms with van der Waals surface area (Å²) in [6, 6.07) is 11.4. The number of amides is 3. The van der Waals surface area contributed by atoms with Gasteiger partial charge in [-0.05, 0) is 60.9 Å². The number of benzene rings is 2. The maximum atomic E-state index is 15.3. The number of nitrogens with zero attached hydrogens (tertiary/aromatic N) is 2. The number of fused-ring (bicyclic) bond motifs is 5. The number of hydrogen-bond donors (Lipinski definition) is 5. The van der Waals surface area contributed by atoms with E-state index in [0.29, 0.717) is 51.8 Å². The third-order valence-corrected chi connectivity index (χ3v) is 11.0. The zero-order valence-corrected chi connectivity index (χ0v) is 30.4. The molecule has 0 saturated heterocycles. The first-order valence-electron chi connectivity index (χ1n) is 18.3. The number of carbonyl (C=O) groups excluding carboxylic acids is 5. The highest BCUT2D eigenvalue weighted by molar-refractivity contribution is 5.95. The molecule has 3 amide bonds. The third-order valence-electron chi connectivity index (χ3n) is 11.0. The summed E-state index contributed by atoms with van der Waals surface area (Å²) in [5.74, 6) is -4.01. The van der Waals surface area contributed by atoms with Crippen molar-refractivity contribution < 1.29 is 38.2 Å². The van der Waals surface area contributed by atoms with Crippen molar-refractivity contribution in [1.82, 2.24) is 25.5 Å². The second-order valence-electron chi connectivity index (χ2n) is 14.3. The van der Waals surface area contributed by atoms with Gasteiger partial charge in [-0.2, -0.15) is 0 Å². The topological polar surface area (TPSA) is 212 Å². The summed E-state index contributed by atoms with van der Waals surface area (Å²) < 4.78 is 22.0. The molecule has 14 nitrogen and oxygen atoms in total. The number of pyridine rings is 2. The Labute approximate surface area is 314 Å². The lowest BCUT2D eigenvalue weighted by Gasteiger charge is -2.31. The van der Waals surface area contributed by atoms with Crippen molar-refractivity contribution in [2.75, 3.05) is 19.6 Å². The van der Waals surface area contributed by atoms with Gasteiger partial charge in [0.2, 0.25) is 17.7 Å². The number of halogens is 1. The van der Waals surface area contributed by atoms with Crippen molar-refractivity contribution in [2.45, 2.75) is 70.7 Å². The van der Waals surface area contributed by atoms with E-state index in [1.165, 1.54) is 10.6 Å². The minimum atomic E-state index is -2.03. The zero-order chi connectivity index (χ0) is 39.2. The quantitative estimate of drug-likeness (QED) is 0.116. The van der Waals surface area contributed by atoms with Gasteiger partial charge >= 0.3 is 5.97 Å². The molecule has 3 aliphatic rings. The van der Waals surface area contributed by atoms with E-state index in [4.69, 9.17) is 15.5 Å². The number of aromatic nitrogens is 2. The molecule has 0 bridgehead atoms. The van der Waals surface area contributed by atoms with Gasteiger partial charge in [0.25, 0.3) is 5.56 Å². The van der Waals surface area contributed by atoms with Crippen molar-refractivity contribution in [3.05, 3.63) is 97.6 Å². The van der Waals surface area contributed by atoms with Crippen LogP contribution in [0.1, 0.15) is 71.2 Å². The molecule has 0 radical (unpaired) electrons. The van der Waals surface area contributed by atoms with E-state index in [0.717, 1.165) is 11.1 Å². The fourth-order valence-corrected chi connectivity index (χ4v) is 8.03. The maximum Gasteiger partial charge on any atom is 0.343 e. The number of aryl methyl sites for hydroxylation is 1. The Morgan fingerprint density at radius 2 is 1.84 bits per heavy atom. The van der Waals surface area contributed by atoms with Crippen LogP contribution in [0.25, 0.3) is 22.3 Å². The fourth-order valence-electron chi connectivity index (χ4n) is 8.03. The molecule has 3 atom stereocenters. The summed E-state index contributed by atoms with van der Waals surface area (Å²) in [5.41, 5.74) is 7.55. The minimum Gasteiger partial charge on any atom is -0.458 e. The number of carbonyl (C=O) groups is 5. The Kier molecular flexibility index (Phi) is 10.1. The average Bonchev–Trinajstić information content (AvgIpc) is 3.55. The van der Waals surface area contributed by atoms with Crippen LogP contribution >= 0.6 is 0 Å². The molecular weight excluding hydrogens is 711 g/mol. The van der Waals surface area contributed by atoms with Gasteiger partial charge in [-0.3, -0.25) is 24.0 Å². The van der Waals surface area contributed by atoms with E-state index >= 15 is 4.39 Å². The summed E-state index contributed by atoms with van der Waals surface area (Å²) in [7, 11) is 0. The highest BCUT2D eigenvalue weighted by atomic mass is 19.1. The minimum absolute atomic E-state index is 0.0280. The number of esters is 1. The van der Waals surface area contributed by atoms with Crippen LogP contribution in [0.2, 0.25) is 0 Å². The first kappa shape index (κ1) is 37.5. The summed E-state index contributed by atoms with van der Waals surface area (Å²) in [5, 5.41) is 20.1. The normalized spacial score (nSPS) is 18.4. The molecule has 55 heavy (non-hydrogen) atoms. The molecule has 2 aromatic carbocycles. The lowest BCUT2D eigenvalue weighted by molar-refractivity contribution is -0.172. The smallest absolute Gasteiger partial charge is 0.343 e. The molecule has 0 spiro atoms. The monoisotopic (exact) mass is 752 g/mol. The van der Waals surface area contributed by atoms with Crippen LogP contribution in [0.5, 0.6) is 0 Å². The molecule has 286 valence electrons. The van der Waals surface area contributed by atoms with Gasteiger partial charge in [-0.1, -0.05) is 37.3 Å². The van der Waals surface area contributed by atoms with Crippen LogP contribution in [-0.4, -0.2) is 63.8 Å². The van der Waals surface area contributed by atoms with E-state index in [2.05, 4.69) is 16.0 Å². The van der Waals surface area contributed by atoms with Gasteiger partial charge in [-0.15, -0.1) is 0 Å². The van der Waals surface area contributed by atoms with E-state index in [1.54, 1.807) is 19.9 Å². The zero-order valence-electron chi connectivity index (χ0n) is 30.4. The number of aliphatic hydroxyl groups is 1. The SMILES string of the molecule is CC[C@@]1(O)C(=O)OCc2c1cc1n(c2=O)Cc2c-1nc1cc(F)c(C)c3c1c2[C@@H](NC(=O)CNC(=O)[C@@H](CC(=O)CNC(=O)CN)Cc1ccccc1)CC3. The van der Waals surface area contributed by atoms with Crippen molar-refractivity contribution in [3.8, 4) is 11.4 Å². The van der Waals surface area contributed by atoms with Gasteiger partial charge in [0.15, 0.2) is 11.4 Å². The molecule has 6 N–H and O–H groups in total. The van der Waals surface area contributed by atoms with Gasteiger partial charge < -0.3 is 36.1 Å². The number of Topliss-reactive ketones (excluding diaryl/α,β-unsaturated/α-hetero) is 1. The van der Waals surface area contributed by atoms with Crippen LogP contribution in [0.3, 0.4) is 0 Å². The predicted octanol–water partition coefficient (Wildman–Crippen LogP) is 1.64. The van der Waals surface area contributed by atoms with Gasteiger partial charge in [0, 0.05) is 34.9 Å². The first-order valence-corrected chi connectivity index (χ1v) is 18.3. The molecule has 7 rings (SSSR count). The lowest BCUT2D eigenvalue weighted by Crippen LogP contribution is -2.44. The fraction of sp³-hybridized carbons (Fsp3) is 0.375. The van der Waals surface area contributed by atoms with Crippen molar-refractivity contribution in [1.29, 1.82) is 0 Å². The highest BCUT2D eigenvalue weighted by Crippen LogP contribution is 2.46. The number of nitrogens with one attached hydrogen (secondary N) is 3. The number of ether oxygens (including phenoxy) is 1. The molecular formula is C40H41FN6O8. The summed E-state index contributed by atoms with van der Waals surface area (Å²) in [6.45, 7) is 2.13. The van der Waals surface area contributed by atoms with E-state index in [-0.39, 0.29) is 62.4 Å². The molecule has 0 saturated carbocycles. The average molecular weight is 753 g/mol. The molecule has 15 heteroatoms. The van der Waals surface area contributed by atoms with Gasteiger partial charge in [0.1, 0.15) is 12.4 Å². The third kappa shape index (κ3) is 6.78. The molecule has 0 unspecified atom stereocenters. The second-order valence-corrected chi connectivity index (χ2v) is 14.3. The number of ketones is 1.